The lowest BCUT2D eigenvalue weighted by Crippen LogP contribution is -2.48. The minimum Gasteiger partial charge on any atom is -0.465 e. The second-order valence-corrected chi connectivity index (χ2v) is 8.19. The molecule has 3 rings (SSSR count). The van der Waals surface area contributed by atoms with Crippen LogP contribution in [0.3, 0.4) is 0 Å². The quantitative estimate of drug-likeness (QED) is 0.607. The van der Waals surface area contributed by atoms with Crippen LogP contribution in [0.15, 0.2) is 30.3 Å². The van der Waals surface area contributed by atoms with Crippen LogP contribution in [0.5, 0.6) is 0 Å². The number of quaternary nitrogens is 1. The smallest absolute Gasteiger partial charge is 0.361 e. The van der Waals surface area contributed by atoms with E-state index < -0.39 is 11.6 Å². The summed E-state index contributed by atoms with van der Waals surface area (Å²) in [5, 5.41) is 11.5. The Morgan fingerprint density at radius 3 is 2.48 bits per heavy atom. The van der Waals surface area contributed by atoms with E-state index in [2.05, 4.69) is 0 Å². The Balaban J connectivity index is 1.73. The first-order valence-electron chi connectivity index (χ1n) is 9.77. The average Bonchev–Trinajstić information content (AvgIpc) is 3.32. The molecule has 1 N–H and O–H groups in total. The Labute approximate surface area is 160 Å². The van der Waals surface area contributed by atoms with E-state index in [1.165, 1.54) is 7.11 Å². The van der Waals surface area contributed by atoms with Crippen LogP contribution in [0.4, 0.5) is 0 Å². The van der Waals surface area contributed by atoms with Crippen LogP contribution < -0.4 is 0 Å². The molecule has 1 unspecified atom stereocenters. The zero-order chi connectivity index (χ0) is 19.5. The SMILES string of the molecule is COC(=O)C[N+]1(C)CC[C@@H](OC(=O)[C@@](O)(c2ccccc2)C2CCCC2)C1. The third kappa shape index (κ3) is 4.17. The number of likely N-dealkylation sites (tertiary alicyclic amines) is 1. The molecule has 6 nitrogen and oxygen atoms in total. The molecule has 6 heteroatoms. The van der Waals surface area contributed by atoms with Crippen molar-refractivity contribution in [1.29, 1.82) is 0 Å². The minimum atomic E-state index is -1.61. The van der Waals surface area contributed by atoms with Crippen molar-refractivity contribution in [2.75, 3.05) is 33.8 Å². The van der Waals surface area contributed by atoms with Gasteiger partial charge in [-0.05, 0) is 18.4 Å². The Morgan fingerprint density at radius 1 is 1.19 bits per heavy atom. The van der Waals surface area contributed by atoms with Gasteiger partial charge in [0.2, 0.25) is 0 Å². The number of carbonyl (C=O) groups is 2. The Bertz CT molecular complexity index is 672. The van der Waals surface area contributed by atoms with E-state index in [0.29, 0.717) is 23.0 Å². The van der Waals surface area contributed by atoms with Gasteiger partial charge in [-0.25, -0.2) is 9.59 Å². The third-order valence-corrected chi connectivity index (χ3v) is 6.12. The Kier molecular flexibility index (Phi) is 5.86. The molecule has 0 spiro atoms. The van der Waals surface area contributed by atoms with Crippen LogP contribution in [0.1, 0.15) is 37.7 Å². The zero-order valence-electron chi connectivity index (χ0n) is 16.2. The lowest BCUT2D eigenvalue weighted by Gasteiger charge is -2.33. The maximum absolute atomic E-state index is 13.1. The molecule has 1 aliphatic carbocycles. The predicted molar refractivity (Wildman–Crippen MR) is 99.6 cm³/mol. The molecule has 1 heterocycles. The number of hydrogen-bond donors (Lipinski definition) is 1. The van der Waals surface area contributed by atoms with Gasteiger partial charge in [0.1, 0.15) is 6.54 Å². The van der Waals surface area contributed by atoms with Crippen LogP contribution in [0.2, 0.25) is 0 Å². The van der Waals surface area contributed by atoms with Crippen molar-refractivity contribution >= 4 is 11.9 Å². The molecule has 3 atom stereocenters. The number of aliphatic hydroxyl groups is 1. The number of ether oxygens (including phenoxy) is 2. The molecule has 1 saturated carbocycles. The highest BCUT2D eigenvalue weighted by molar-refractivity contribution is 5.81. The second kappa shape index (κ2) is 7.98. The molecule has 0 aromatic heterocycles. The van der Waals surface area contributed by atoms with Crippen molar-refractivity contribution in [1.82, 2.24) is 0 Å². The third-order valence-electron chi connectivity index (χ3n) is 6.12. The predicted octanol–water partition coefficient (Wildman–Crippen LogP) is 2.00. The molecule has 1 saturated heterocycles. The molecule has 0 amide bonds. The summed E-state index contributed by atoms with van der Waals surface area (Å²) in [7, 11) is 3.34. The van der Waals surface area contributed by atoms with Gasteiger partial charge in [-0.1, -0.05) is 43.2 Å². The van der Waals surface area contributed by atoms with Gasteiger partial charge in [0.25, 0.3) is 0 Å². The molecule has 1 aromatic carbocycles. The number of carbonyl (C=O) groups excluding carboxylic acids is 2. The number of benzene rings is 1. The highest BCUT2D eigenvalue weighted by Crippen LogP contribution is 2.42. The number of rotatable bonds is 6. The van der Waals surface area contributed by atoms with E-state index in [0.717, 1.165) is 32.2 Å². The lowest BCUT2D eigenvalue weighted by molar-refractivity contribution is -0.891. The van der Waals surface area contributed by atoms with Gasteiger partial charge in [0.05, 0.1) is 20.7 Å². The molecular formula is C21H30NO5+. The van der Waals surface area contributed by atoms with Gasteiger partial charge in [-0.3, -0.25) is 0 Å². The van der Waals surface area contributed by atoms with Gasteiger partial charge >= 0.3 is 11.9 Å². The number of hydrogen-bond acceptors (Lipinski definition) is 5. The standard InChI is InChI=1S/C21H30NO5/c1-22(15-19(23)26-2)13-12-18(14-22)27-20(24)21(25,17-10-6-7-11-17)16-8-4-3-5-9-16/h3-5,8-9,17-18,25H,6-7,10-15H2,1-2H3/q+1/t18-,21-,22?/m1/s1. The molecule has 0 bridgehead atoms. The van der Waals surface area contributed by atoms with Crippen LogP contribution in [0, 0.1) is 5.92 Å². The average molecular weight is 376 g/mol. The van der Waals surface area contributed by atoms with Gasteiger partial charge in [0.15, 0.2) is 18.2 Å². The van der Waals surface area contributed by atoms with Crippen molar-refractivity contribution in [2.45, 2.75) is 43.8 Å². The lowest BCUT2D eigenvalue weighted by atomic mass is 9.80. The highest BCUT2D eigenvalue weighted by Gasteiger charge is 2.49. The second-order valence-electron chi connectivity index (χ2n) is 8.19. The van der Waals surface area contributed by atoms with Crippen LogP contribution in [-0.4, -0.2) is 61.4 Å². The van der Waals surface area contributed by atoms with Gasteiger partial charge in [-0.2, -0.15) is 0 Å². The number of likely N-dealkylation sites (N-methyl/N-ethyl adjacent to an activating group) is 1. The fraction of sp³-hybridized carbons (Fsp3) is 0.619. The summed E-state index contributed by atoms with van der Waals surface area (Å²) in [5.41, 5.74) is -1.00. The normalized spacial score (nSPS) is 27.9. The van der Waals surface area contributed by atoms with Crippen molar-refractivity contribution in [3.63, 3.8) is 0 Å². The first kappa shape index (κ1) is 19.8. The summed E-state index contributed by atoms with van der Waals surface area (Å²) in [5.74, 6) is -0.946. The van der Waals surface area contributed by atoms with E-state index in [4.69, 9.17) is 9.47 Å². The largest absolute Gasteiger partial charge is 0.465 e. The monoisotopic (exact) mass is 376 g/mol. The molecule has 1 aliphatic heterocycles. The zero-order valence-corrected chi connectivity index (χ0v) is 16.2. The van der Waals surface area contributed by atoms with E-state index >= 15 is 0 Å². The molecule has 2 fully saturated rings. The Morgan fingerprint density at radius 2 is 1.85 bits per heavy atom. The van der Waals surface area contributed by atoms with Crippen LogP contribution >= 0.6 is 0 Å². The fourth-order valence-corrected chi connectivity index (χ4v) is 4.54. The summed E-state index contributed by atoms with van der Waals surface area (Å²) in [6.45, 7) is 1.55. The minimum absolute atomic E-state index is 0.121. The highest BCUT2D eigenvalue weighted by atomic mass is 16.6. The maximum Gasteiger partial charge on any atom is 0.361 e. The molecule has 1 aromatic rings. The number of esters is 2. The van der Waals surface area contributed by atoms with E-state index in [9.17, 15) is 14.7 Å². The first-order chi connectivity index (χ1) is 12.9. The van der Waals surface area contributed by atoms with Gasteiger partial charge in [0, 0.05) is 12.3 Å². The van der Waals surface area contributed by atoms with E-state index in [1.54, 1.807) is 12.1 Å². The van der Waals surface area contributed by atoms with Crippen LogP contribution in [-0.2, 0) is 24.7 Å². The number of methoxy groups -OCH3 is 1. The van der Waals surface area contributed by atoms with Gasteiger partial charge in [-0.15, -0.1) is 0 Å². The summed E-state index contributed by atoms with van der Waals surface area (Å²) in [6, 6.07) is 9.14. The summed E-state index contributed by atoms with van der Waals surface area (Å²) in [4.78, 5) is 24.8. The van der Waals surface area contributed by atoms with Crippen molar-refractivity contribution in [3.8, 4) is 0 Å². The maximum atomic E-state index is 13.1. The molecular weight excluding hydrogens is 346 g/mol. The topological polar surface area (TPSA) is 72.8 Å². The van der Waals surface area contributed by atoms with Crippen molar-refractivity contribution in [3.05, 3.63) is 35.9 Å². The van der Waals surface area contributed by atoms with Gasteiger partial charge < -0.3 is 19.1 Å². The van der Waals surface area contributed by atoms with E-state index in [-0.39, 0.29) is 24.5 Å². The molecule has 0 radical (unpaired) electrons. The Hall–Kier alpha value is -1.92. The molecule has 2 aliphatic rings. The first-order valence-corrected chi connectivity index (χ1v) is 9.77. The van der Waals surface area contributed by atoms with Crippen LogP contribution in [0.25, 0.3) is 0 Å². The number of nitrogens with zero attached hydrogens (tertiary/aromatic N) is 1. The fourth-order valence-electron chi connectivity index (χ4n) is 4.54. The molecule has 148 valence electrons. The summed E-state index contributed by atoms with van der Waals surface area (Å²) >= 11 is 0. The molecule has 27 heavy (non-hydrogen) atoms. The van der Waals surface area contributed by atoms with Crippen molar-refractivity contribution in [2.24, 2.45) is 5.92 Å². The summed E-state index contributed by atoms with van der Waals surface area (Å²) in [6.07, 6.45) is 4.05. The van der Waals surface area contributed by atoms with Crippen molar-refractivity contribution < 1.29 is 28.7 Å². The van der Waals surface area contributed by atoms with E-state index in [1.807, 2.05) is 25.2 Å². The summed E-state index contributed by atoms with van der Waals surface area (Å²) < 4.78 is 11.1.